The lowest BCUT2D eigenvalue weighted by Crippen LogP contribution is -2.34. The van der Waals surface area contributed by atoms with E-state index in [1.165, 1.54) is 22.0 Å². The Bertz CT molecular complexity index is 1560. The van der Waals surface area contributed by atoms with E-state index in [1.54, 1.807) is 37.5 Å². The van der Waals surface area contributed by atoms with Gasteiger partial charge in [-0.05, 0) is 79.6 Å². The number of hydrogen-bond acceptors (Lipinski definition) is 7. The number of aryl methyl sites for hydroxylation is 2. The van der Waals surface area contributed by atoms with Gasteiger partial charge >= 0.3 is 0 Å². The van der Waals surface area contributed by atoms with E-state index >= 15 is 0 Å². The van der Waals surface area contributed by atoms with Crippen LogP contribution in [0.1, 0.15) is 47.4 Å². The van der Waals surface area contributed by atoms with Crippen LogP contribution in [0.15, 0.2) is 63.2 Å². The molecule has 10 heteroatoms. The van der Waals surface area contributed by atoms with E-state index in [-0.39, 0.29) is 5.56 Å². The fraction of sp³-hybridized carbons (Fsp3) is 0.286. The summed E-state index contributed by atoms with van der Waals surface area (Å²) < 4.78 is 13.8. The van der Waals surface area contributed by atoms with Crippen molar-refractivity contribution in [3.8, 4) is 11.5 Å². The summed E-state index contributed by atoms with van der Waals surface area (Å²) in [4.78, 5) is 32.5. The number of amides is 1. The Hall–Kier alpha value is -3.50. The van der Waals surface area contributed by atoms with Crippen molar-refractivity contribution in [1.82, 2.24) is 15.0 Å². The Morgan fingerprint density at radius 3 is 2.79 bits per heavy atom. The topological polar surface area (TPSA) is 94.8 Å². The minimum Gasteiger partial charge on any atom is -0.493 e. The van der Waals surface area contributed by atoms with Gasteiger partial charge in [0.15, 0.2) is 11.5 Å². The third-order valence-corrected chi connectivity index (χ3v) is 8.31. The molecule has 2 aromatic carbocycles. The van der Waals surface area contributed by atoms with Gasteiger partial charge in [0.2, 0.25) is 0 Å². The number of benzene rings is 2. The lowest BCUT2D eigenvalue weighted by molar-refractivity contribution is -0.123. The second kappa shape index (κ2) is 11.5. The molecule has 1 N–H and O–H groups in total. The van der Waals surface area contributed by atoms with Gasteiger partial charge < -0.3 is 9.47 Å². The maximum absolute atomic E-state index is 13.2. The molecule has 196 valence electrons. The second-order valence-corrected chi connectivity index (χ2v) is 11.1. The summed E-state index contributed by atoms with van der Waals surface area (Å²) >= 11 is 5.02. The Kier molecular flexibility index (Phi) is 7.90. The molecule has 1 amide bonds. The number of rotatable bonds is 8. The van der Waals surface area contributed by atoms with Gasteiger partial charge in [0.1, 0.15) is 17.5 Å². The zero-order valence-corrected chi connectivity index (χ0v) is 23.5. The number of aromatic nitrogens is 2. The molecule has 0 aliphatic heterocycles. The predicted octanol–water partition coefficient (Wildman–Crippen LogP) is 5.40. The summed E-state index contributed by atoms with van der Waals surface area (Å²) in [6, 6.07) is 12.5. The van der Waals surface area contributed by atoms with E-state index in [1.807, 2.05) is 30.3 Å². The number of thiophene rings is 1. The highest BCUT2D eigenvalue weighted by Gasteiger charge is 2.23. The van der Waals surface area contributed by atoms with Crippen LogP contribution in [0.5, 0.6) is 11.5 Å². The molecule has 5 rings (SSSR count). The highest BCUT2D eigenvalue weighted by molar-refractivity contribution is 9.10. The molecule has 4 aromatic rings. The number of fused-ring (bicyclic) bond motifs is 3. The first-order chi connectivity index (χ1) is 18.4. The molecule has 2 aromatic heterocycles. The van der Waals surface area contributed by atoms with Gasteiger partial charge in [-0.25, -0.2) is 10.4 Å². The highest BCUT2D eigenvalue weighted by atomic mass is 79.9. The molecule has 8 nitrogen and oxygen atoms in total. The van der Waals surface area contributed by atoms with Crippen LogP contribution in [-0.2, 0) is 24.2 Å². The molecule has 0 radical (unpaired) electrons. The standard InChI is InChI=1S/C28H27BrN4O4S/c1-17(33-16-30-27-25(28(33)35)21-5-3-4-6-24(21)38-27)26(34)32-31-14-19-9-12-22(23(13-19)36-2)37-15-18-7-10-20(29)11-8-18/h7-14,16-17H,3-6,15H2,1-2H3,(H,32,34)/b31-14-/t17-/m0/s1. The van der Waals surface area contributed by atoms with E-state index < -0.39 is 11.9 Å². The third-order valence-electron chi connectivity index (χ3n) is 6.58. The van der Waals surface area contributed by atoms with Gasteiger partial charge in [0, 0.05) is 9.35 Å². The van der Waals surface area contributed by atoms with Crippen LogP contribution >= 0.6 is 27.3 Å². The number of hydrogen-bond donors (Lipinski definition) is 1. The number of halogens is 1. The molecule has 1 aliphatic rings. The van der Waals surface area contributed by atoms with E-state index in [0.717, 1.165) is 51.7 Å². The molecular weight excluding hydrogens is 568 g/mol. The number of hydrazone groups is 1. The third kappa shape index (κ3) is 5.51. The molecule has 2 heterocycles. The van der Waals surface area contributed by atoms with Crippen LogP contribution in [0.2, 0.25) is 0 Å². The number of ether oxygens (including phenoxy) is 2. The maximum Gasteiger partial charge on any atom is 0.263 e. The summed E-state index contributed by atoms with van der Waals surface area (Å²) in [6.45, 7) is 2.07. The normalized spacial score (nSPS) is 13.9. The first-order valence-electron chi connectivity index (χ1n) is 12.3. The van der Waals surface area contributed by atoms with Crippen molar-refractivity contribution in [2.75, 3.05) is 7.11 Å². The van der Waals surface area contributed by atoms with Crippen molar-refractivity contribution in [3.05, 3.63) is 85.2 Å². The lowest BCUT2D eigenvalue weighted by Gasteiger charge is -2.14. The highest BCUT2D eigenvalue weighted by Crippen LogP contribution is 2.33. The zero-order valence-electron chi connectivity index (χ0n) is 21.1. The van der Waals surface area contributed by atoms with Crippen LogP contribution in [0.4, 0.5) is 0 Å². The van der Waals surface area contributed by atoms with E-state index in [4.69, 9.17) is 9.47 Å². The van der Waals surface area contributed by atoms with E-state index in [0.29, 0.717) is 23.5 Å². The summed E-state index contributed by atoms with van der Waals surface area (Å²) in [7, 11) is 1.57. The number of carbonyl (C=O) groups excluding carboxylic acids is 1. The summed E-state index contributed by atoms with van der Waals surface area (Å²) in [5.74, 6) is 0.744. The van der Waals surface area contributed by atoms with Gasteiger partial charge in [-0.3, -0.25) is 14.2 Å². The smallest absolute Gasteiger partial charge is 0.263 e. The van der Waals surface area contributed by atoms with Crippen LogP contribution in [0, 0.1) is 0 Å². The minimum absolute atomic E-state index is 0.176. The average Bonchev–Trinajstić information content (AvgIpc) is 3.32. The molecule has 0 fully saturated rings. The Morgan fingerprint density at radius 2 is 2.00 bits per heavy atom. The van der Waals surface area contributed by atoms with E-state index in [2.05, 4.69) is 31.4 Å². The average molecular weight is 596 g/mol. The zero-order chi connectivity index (χ0) is 26.6. The van der Waals surface area contributed by atoms with Gasteiger partial charge in [-0.1, -0.05) is 28.1 Å². The summed E-state index contributed by atoms with van der Waals surface area (Å²) in [5, 5.41) is 4.75. The Morgan fingerprint density at radius 1 is 1.21 bits per heavy atom. The molecule has 0 spiro atoms. The summed E-state index contributed by atoms with van der Waals surface area (Å²) in [5.41, 5.74) is 5.21. The molecule has 0 saturated carbocycles. The Balaban J connectivity index is 1.25. The summed E-state index contributed by atoms with van der Waals surface area (Å²) in [6.07, 6.45) is 7.06. The van der Waals surface area contributed by atoms with Crippen molar-refractivity contribution in [2.45, 2.75) is 45.3 Å². The maximum atomic E-state index is 13.2. The van der Waals surface area contributed by atoms with Crippen LogP contribution < -0.4 is 20.5 Å². The molecule has 1 atom stereocenters. The lowest BCUT2D eigenvalue weighted by atomic mass is 9.97. The van der Waals surface area contributed by atoms with E-state index in [9.17, 15) is 9.59 Å². The second-order valence-electron chi connectivity index (χ2n) is 9.08. The number of carbonyl (C=O) groups is 1. The molecule has 38 heavy (non-hydrogen) atoms. The monoisotopic (exact) mass is 594 g/mol. The predicted molar refractivity (Wildman–Crippen MR) is 152 cm³/mol. The van der Waals surface area contributed by atoms with Crippen molar-refractivity contribution in [1.29, 1.82) is 0 Å². The van der Waals surface area contributed by atoms with Crippen molar-refractivity contribution >= 4 is 49.6 Å². The fourth-order valence-electron chi connectivity index (χ4n) is 4.45. The number of methoxy groups -OCH3 is 1. The van der Waals surface area contributed by atoms with Crippen LogP contribution in [0.3, 0.4) is 0 Å². The molecule has 0 bridgehead atoms. The van der Waals surface area contributed by atoms with Crippen molar-refractivity contribution in [3.63, 3.8) is 0 Å². The fourth-order valence-corrected chi connectivity index (χ4v) is 5.93. The SMILES string of the molecule is COc1cc(/C=N\NC(=O)[C@H](C)n2cnc3sc4c(c3c2=O)CCCC4)ccc1OCc1ccc(Br)cc1. The van der Waals surface area contributed by atoms with Gasteiger partial charge in [-0.2, -0.15) is 5.10 Å². The quantitative estimate of drug-likeness (QED) is 0.218. The minimum atomic E-state index is -0.764. The first kappa shape index (κ1) is 26.1. The first-order valence-corrected chi connectivity index (χ1v) is 13.9. The van der Waals surface area contributed by atoms with Crippen molar-refractivity contribution < 1.29 is 14.3 Å². The molecular formula is C28H27BrN4O4S. The van der Waals surface area contributed by atoms with Crippen molar-refractivity contribution in [2.24, 2.45) is 5.10 Å². The van der Waals surface area contributed by atoms with Gasteiger partial charge in [0.05, 0.1) is 25.0 Å². The number of nitrogens with one attached hydrogen (secondary N) is 1. The van der Waals surface area contributed by atoms with Gasteiger partial charge in [-0.15, -0.1) is 11.3 Å². The Labute approximate surface area is 232 Å². The van der Waals surface area contributed by atoms with Gasteiger partial charge in [0.25, 0.3) is 11.5 Å². The van der Waals surface area contributed by atoms with Crippen LogP contribution in [0.25, 0.3) is 10.2 Å². The number of nitrogens with zero attached hydrogens (tertiary/aromatic N) is 3. The molecule has 0 saturated heterocycles. The largest absolute Gasteiger partial charge is 0.493 e. The van der Waals surface area contributed by atoms with Crippen LogP contribution in [-0.4, -0.2) is 28.8 Å². The molecule has 0 unspecified atom stereocenters. The molecule has 1 aliphatic carbocycles.